The number of aryl methyl sites for hydroxylation is 2. The first-order valence-corrected chi connectivity index (χ1v) is 8.46. The molecule has 0 aromatic carbocycles. The third-order valence-electron chi connectivity index (χ3n) is 3.17. The van der Waals surface area contributed by atoms with Gasteiger partial charge in [-0.15, -0.1) is 11.3 Å². The van der Waals surface area contributed by atoms with Crippen molar-refractivity contribution in [2.45, 2.75) is 31.2 Å². The quantitative estimate of drug-likeness (QED) is 0.902. The number of sulfonamides is 1. The van der Waals surface area contributed by atoms with E-state index in [0.29, 0.717) is 0 Å². The number of carbonyl (C=O) groups is 1. The summed E-state index contributed by atoms with van der Waals surface area (Å²) in [5.74, 6) is -1.03. The molecule has 1 saturated heterocycles. The van der Waals surface area contributed by atoms with Crippen LogP contribution in [0.5, 0.6) is 0 Å². The minimum absolute atomic E-state index is 0.119. The third kappa shape index (κ3) is 3.03. The molecule has 6 nitrogen and oxygen atoms in total. The van der Waals surface area contributed by atoms with Crippen LogP contribution in [0.4, 0.5) is 0 Å². The lowest BCUT2D eigenvalue weighted by Crippen LogP contribution is -2.49. The molecule has 0 radical (unpaired) electrons. The van der Waals surface area contributed by atoms with Crippen LogP contribution < -0.4 is 0 Å². The van der Waals surface area contributed by atoms with Crippen molar-refractivity contribution in [3.8, 4) is 0 Å². The fourth-order valence-electron chi connectivity index (χ4n) is 2.31. The van der Waals surface area contributed by atoms with E-state index in [-0.39, 0.29) is 31.1 Å². The monoisotopic (exact) mass is 319 g/mol. The number of ether oxygens (including phenoxy) is 1. The van der Waals surface area contributed by atoms with E-state index in [1.165, 1.54) is 15.6 Å². The Kier molecular flexibility index (Phi) is 4.48. The maximum atomic E-state index is 12.7. The van der Waals surface area contributed by atoms with Gasteiger partial charge in [0, 0.05) is 16.3 Å². The zero-order chi connectivity index (χ0) is 14.9. The summed E-state index contributed by atoms with van der Waals surface area (Å²) < 4.78 is 31.9. The molecule has 8 heteroatoms. The molecular formula is C12H17NO5S2. The lowest BCUT2D eigenvalue weighted by atomic mass is 10.2. The summed E-state index contributed by atoms with van der Waals surface area (Å²) in [6.45, 7) is 4.21. The van der Waals surface area contributed by atoms with Gasteiger partial charge in [0.05, 0.1) is 30.6 Å². The summed E-state index contributed by atoms with van der Waals surface area (Å²) in [6, 6.07) is 0.994. The van der Waals surface area contributed by atoms with Gasteiger partial charge in [0.15, 0.2) is 0 Å². The number of thiophene rings is 1. The number of nitrogens with zero attached hydrogens (tertiary/aromatic N) is 1. The summed E-state index contributed by atoms with van der Waals surface area (Å²) in [5, 5.41) is 8.90. The Morgan fingerprint density at radius 1 is 1.55 bits per heavy atom. The smallest absolute Gasteiger partial charge is 0.305 e. The van der Waals surface area contributed by atoms with Gasteiger partial charge in [-0.1, -0.05) is 0 Å². The largest absolute Gasteiger partial charge is 0.481 e. The first-order chi connectivity index (χ1) is 9.32. The third-order valence-corrected chi connectivity index (χ3v) is 6.34. The number of rotatable bonds is 4. The Hall–Kier alpha value is -0.960. The van der Waals surface area contributed by atoms with Crippen LogP contribution in [0.15, 0.2) is 11.0 Å². The number of hydrogen-bond donors (Lipinski definition) is 1. The maximum absolute atomic E-state index is 12.7. The summed E-state index contributed by atoms with van der Waals surface area (Å²) >= 11 is 1.42. The number of hydrogen-bond acceptors (Lipinski definition) is 5. The minimum atomic E-state index is -3.67. The Labute approximate surface area is 122 Å². The fourth-order valence-corrected chi connectivity index (χ4v) is 5.43. The molecule has 1 N–H and O–H groups in total. The highest BCUT2D eigenvalue weighted by atomic mass is 32.2. The van der Waals surface area contributed by atoms with Crippen molar-refractivity contribution in [1.82, 2.24) is 4.31 Å². The average Bonchev–Trinajstić information content (AvgIpc) is 2.69. The molecule has 2 heterocycles. The van der Waals surface area contributed by atoms with Crippen LogP contribution in [0, 0.1) is 13.8 Å². The zero-order valence-corrected chi connectivity index (χ0v) is 13.0. The Balaban J connectivity index is 2.35. The number of aliphatic carboxylic acids is 1. The van der Waals surface area contributed by atoms with Gasteiger partial charge in [-0.05, 0) is 19.9 Å². The average molecular weight is 319 g/mol. The molecule has 1 aliphatic rings. The van der Waals surface area contributed by atoms with Crippen LogP contribution in [0.2, 0.25) is 0 Å². The lowest BCUT2D eigenvalue weighted by molar-refractivity contribution is -0.139. The fraction of sp³-hybridized carbons (Fsp3) is 0.583. The topological polar surface area (TPSA) is 83.9 Å². The van der Waals surface area contributed by atoms with Gasteiger partial charge in [-0.2, -0.15) is 4.31 Å². The second-order valence-corrected chi connectivity index (χ2v) is 8.04. The SMILES string of the molecule is Cc1cc(S(=O)(=O)N2CCOCC2CC(=O)O)c(C)s1. The molecule has 112 valence electrons. The second kappa shape index (κ2) is 5.80. The van der Waals surface area contributed by atoms with Crippen molar-refractivity contribution in [3.05, 3.63) is 15.8 Å². The van der Waals surface area contributed by atoms with Crippen molar-refractivity contribution in [1.29, 1.82) is 0 Å². The standard InChI is InChI=1S/C12H17NO5S2/c1-8-5-11(9(2)19-8)20(16,17)13-3-4-18-7-10(13)6-12(14)15/h5,10H,3-4,6-7H2,1-2H3,(H,14,15). The van der Waals surface area contributed by atoms with Crippen LogP contribution in [0.1, 0.15) is 16.2 Å². The van der Waals surface area contributed by atoms with Gasteiger partial charge in [-0.3, -0.25) is 4.79 Å². The molecule has 0 bridgehead atoms. The summed E-state index contributed by atoms with van der Waals surface area (Å²) in [7, 11) is -3.67. The number of carboxylic acid groups (broad SMARTS) is 1. The minimum Gasteiger partial charge on any atom is -0.481 e. The zero-order valence-electron chi connectivity index (χ0n) is 11.3. The number of carboxylic acids is 1. The first-order valence-electron chi connectivity index (χ1n) is 6.21. The van der Waals surface area contributed by atoms with E-state index >= 15 is 0 Å². The van der Waals surface area contributed by atoms with Gasteiger partial charge in [-0.25, -0.2) is 8.42 Å². The molecule has 0 saturated carbocycles. The van der Waals surface area contributed by atoms with E-state index in [9.17, 15) is 13.2 Å². The molecule has 1 aliphatic heterocycles. The second-order valence-electron chi connectivity index (χ2n) is 4.72. The highest BCUT2D eigenvalue weighted by molar-refractivity contribution is 7.89. The van der Waals surface area contributed by atoms with Crippen molar-refractivity contribution >= 4 is 27.3 Å². The summed E-state index contributed by atoms with van der Waals surface area (Å²) in [6.07, 6.45) is -0.249. The predicted octanol–water partition coefficient (Wildman–Crippen LogP) is 1.23. The maximum Gasteiger partial charge on any atom is 0.305 e. The Morgan fingerprint density at radius 2 is 2.25 bits per heavy atom. The van der Waals surface area contributed by atoms with Gasteiger partial charge < -0.3 is 9.84 Å². The van der Waals surface area contributed by atoms with E-state index < -0.39 is 22.0 Å². The van der Waals surface area contributed by atoms with Crippen molar-refractivity contribution in [2.24, 2.45) is 0 Å². The molecule has 0 amide bonds. The van der Waals surface area contributed by atoms with Crippen molar-refractivity contribution < 1.29 is 23.1 Å². The molecule has 1 unspecified atom stereocenters. The van der Waals surface area contributed by atoms with E-state index in [2.05, 4.69) is 0 Å². The predicted molar refractivity (Wildman–Crippen MR) is 74.5 cm³/mol. The molecule has 1 aromatic heterocycles. The molecule has 0 spiro atoms. The molecule has 20 heavy (non-hydrogen) atoms. The first kappa shape index (κ1) is 15.4. The molecule has 2 rings (SSSR count). The highest BCUT2D eigenvalue weighted by Crippen LogP contribution is 2.30. The highest BCUT2D eigenvalue weighted by Gasteiger charge is 2.36. The normalized spacial score (nSPS) is 21.0. The molecule has 1 aromatic rings. The molecule has 1 atom stereocenters. The van der Waals surface area contributed by atoms with E-state index in [4.69, 9.17) is 9.84 Å². The van der Waals surface area contributed by atoms with Crippen LogP contribution in [-0.4, -0.2) is 49.6 Å². The van der Waals surface area contributed by atoms with Crippen molar-refractivity contribution in [2.75, 3.05) is 19.8 Å². The van der Waals surface area contributed by atoms with E-state index in [1.54, 1.807) is 13.0 Å². The van der Waals surface area contributed by atoms with Crippen LogP contribution >= 0.6 is 11.3 Å². The Bertz CT molecular complexity index is 607. The molecule has 0 aliphatic carbocycles. The van der Waals surface area contributed by atoms with E-state index in [0.717, 1.165) is 9.75 Å². The lowest BCUT2D eigenvalue weighted by Gasteiger charge is -2.33. The Morgan fingerprint density at radius 3 is 2.80 bits per heavy atom. The van der Waals surface area contributed by atoms with Gasteiger partial charge in [0.25, 0.3) is 0 Å². The van der Waals surface area contributed by atoms with E-state index in [1.807, 2.05) is 6.92 Å². The van der Waals surface area contributed by atoms with Crippen LogP contribution in [0.25, 0.3) is 0 Å². The number of morpholine rings is 1. The van der Waals surface area contributed by atoms with Gasteiger partial charge in [0.1, 0.15) is 0 Å². The molecular weight excluding hydrogens is 302 g/mol. The summed E-state index contributed by atoms with van der Waals surface area (Å²) in [5.41, 5.74) is 0. The van der Waals surface area contributed by atoms with Crippen LogP contribution in [-0.2, 0) is 19.6 Å². The van der Waals surface area contributed by atoms with Crippen molar-refractivity contribution in [3.63, 3.8) is 0 Å². The summed E-state index contributed by atoms with van der Waals surface area (Å²) in [4.78, 5) is 12.8. The molecule has 1 fully saturated rings. The van der Waals surface area contributed by atoms with Crippen LogP contribution in [0.3, 0.4) is 0 Å². The van der Waals surface area contributed by atoms with Gasteiger partial charge in [0.2, 0.25) is 10.0 Å². The van der Waals surface area contributed by atoms with Gasteiger partial charge >= 0.3 is 5.97 Å².